The maximum atomic E-state index is 10.8. The fraction of sp³-hybridized carbons (Fsp3) is 1.00. The lowest BCUT2D eigenvalue weighted by Gasteiger charge is -2.27. The third-order valence-corrected chi connectivity index (χ3v) is 3.46. The van der Waals surface area contributed by atoms with Gasteiger partial charge in [0.2, 0.25) is 0 Å². The molecule has 0 amide bonds. The highest BCUT2D eigenvalue weighted by molar-refractivity contribution is 8.11. The van der Waals surface area contributed by atoms with Crippen LogP contribution in [0, 0.1) is 5.92 Å². The number of halogens is 1. The molecular formula is C6H12ClNO2S. The molecule has 1 fully saturated rings. The molecule has 0 N–H and O–H groups in total. The Morgan fingerprint density at radius 2 is 2.18 bits per heavy atom. The zero-order valence-electron chi connectivity index (χ0n) is 6.46. The van der Waals surface area contributed by atoms with Gasteiger partial charge in [-0.25, -0.2) is 0 Å². The molecule has 1 atom stereocenters. The largest absolute Gasteiger partial charge is 0.299 e. The Labute approximate surface area is 71.9 Å². The van der Waals surface area contributed by atoms with Gasteiger partial charge in [-0.15, -0.1) is 0 Å². The first-order chi connectivity index (χ1) is 5.00. The van der Waals surface area contributed by atoms with Gasteiger partial charge >= 0.3 is 0 Å². The van der Waals surface area contributed by atoms with Gasteiger partial charge in [-0.3, -0.25) is 0 Å². The molecule has 1 aliphatic rings. The second kappa shape index (κ2) is 3.29. The van der Waals surface area contributed by atoms with E-state index in [2.05, 4.69) is 0 Å². The van der Waals surface area contributed by atoms with Gasteiger partial charge < -0.3 is 0 Å². The van der Waals surface area contributed by atoms with E-state index in [-0.39, 0.29) is 0 Å². The summed E-state index contributed by atoms with van der Waals surface area (Å²) < 4.78 is 23.0. The van der Waals surface area contributed by atoms with Crippen LogP contribution in [0.25, 0.3) is 0 Å². The maximum absolute atomic E-state index is 10.8. The summed E-state index contributed by atoms with van der Waals surface area (Å²) in [5.74, 6) is 0.442. The predicted octanol–water partition coefficient (Wildman–Crippen LogP) is 1.20. The molecule has 0 aromatic carbocycles. The van der Waals surface area contributed by atoms with Gasteiger partial charge in [-0.2, -0.15) is 12.7 Å². The van der Waals surface area contributed by atoms with E-state index < -0.39 is 9.24 Å². The summed E-state index contributed by atoms with van der Waals surface area (Å²) in [4.78, 5) is 0. The molecule has 0 radical (unpaired) electrons. The van der Waals surface area contributed by atoms with E-state index in [1.807, 2.05) is 6.92 Å². The fourth-order valence-electron chi connectivity index (χ4n) is 1.34. The summed E-state index contributed by atoms with van der Waals surface area (Å²) >= 11 is 0. The molecule has 1 saturated heterocycles. The summed E-state index contributed by atoms with van der Waals surface area (Å²) in [6.07, 6.45) is 2.02. The molecule has 0 unspecified atom stereocenters. The average Bonchev–Trinajstić information content (AvgIpc) is 1.86. The smallest absolute Gasteiger partial charge is 0.195 e. The van der Waals surface area contributed by atoms with Gasteiger partial charge in [0, 0.05) is 23.8 Å². The lowest BCUT2D eigenvalue weighted by molar-refractivity contribution is 0.285. The standard InChI is InChI=1S/C6H12ClNO2S/c1-6-3-2-4-8(5-6)11(7,9)10/h6H,2-5H2,1H3/t6-/m1/s1. The van der Waals surface area contributed by atoms with Crippen LogP contribution >= 0.6 is 10.7 Å². The molecule has 66 valence electrons. The first kappa shape index (κ1) is 9.29. The van der Waals surface area contributed by atoms with Crippen LogP contribution in [-0.4, -0.2) is 25.8 Å². The molecule has 0 saturated carbocycles. The third-order valence-electron chi connectivity index (χ3n) is 1.93. The SMILES string of the molecule is C[C@@H]1CCCN(S(=O)(=O)Cl)C1. The molecule has 11 heavy (non-hydrogen) atoms. The Morgan fingerprint density at radius 1 is 1.55 bits per heavy atom. The molecule has 0 aromatic heterocycles. The first-order valence-electron chi connectivity index (χ1n) is 3.70. The average molecular weight is 198 g/mol. The summed E-state index contributed by atoms with van der Waals surface area (Å²) in [6, 6.07) is 0. The number of piperidine rings is 1. The van der Waals surface area contributed by atoms with Gasteiger partial charge in [0.25, 0.3) is 9.24 Å². The van der Waals surface area contributed by atoms with Crippen LogP contribution in [0.3, 0.4) is 0 Å². The number of hydrogen-bond donors (Lipinski definition) is 0. The topological polar surface area (TPSA) is 37.4 Å². The van der Waals surface area contributed by atoms with Gasteiger partial charge in [0.05, 0.1) is 0 Å². The molecule has 0 aromatic rings. The van der Waals surface area contributed by atoms with Crippen LogP contribution in [0.2, 0.25) is 0 Å². The fourth-order valence-corrected chi connectivity index (χ4v) is 2.50. The summed E-state index contributed by atoms with van der Waals surface area (Å²) in [7, 11) is 1.72. The normalized spacial score (nSPS) is 28.7. The molecule has 0 aliphatic carbocycles. The predicted molar refractivity (Wildman–Crippen MR) is 44.7 cm³/mol. The Kier molecular flexibility index (Phi) is 2.78. The van der Waals surface area contributed by atoms with E-state index >= 15 is 0 Å². The first-order valence-corrected chi connectivity index (χ1v) is 5.96. The maximum Gasteiger partial charge on any atom is 0.299 e. The second-order valence-electron chi connectivity index (χ2n) is 3.05. The second-order valence-corrected chi connectivity index (χ2v) is 5.56. The van der Waals surface area contributed by atoms with Crippen molar-refractivity contribution in [2.45, 2.75) is 19.8 Å². The summed E-state index contributed by atoms with van der Waals surface area (Å²) in [5.41, 5.74) is 0. The highest BCUT2D eigenvalue weighted by Crippen LogP contribution is 2.19. The van der Waals surface area contributed by atoms with Crippen LogP contribution in [0.15, 0.2) is 0 Å². The van der Waals surface area contributed by atoms with E-state index in [1.165, 1.54) is 4.31 Å². The lowest BCUT2D eigenvalue weighted by Crippen LogP contribution is -2.36. The van der Waals surface area contributed by atoms with E-state index in [1.54, 1.807) is 0 Å². The quantitative estimate of drug-likeness (QED) is 0.593. The third kappa shape index (κ3) is 2.61. The van der Waals surface area contributed by atoms with Crippen molar-refractivity contribution in [3.8, 4) is 0 Å². The number of hydrogen-bond acceptors (Lipinski definition) is 2. The minimum atomic E-state index is -3.45. The van der Waals surface area contributed by atoms with Crippen LogP contribution in [0.4, 0.5) is 0 Å². The van der Waals surface area contributed by atoms with Crippen molar-refractivity contribution in [3.63, 3.8) is 0 Å². The van der Waals surface area contributed by atoms with Crippen molar-refractivity contribution >= 4 is 19.9 Å². The lowest BCUT2D eigenvalue weighted by atomic mass is 10.0. The van der Waals surface area contributed by atoms with Crippen LogP contribution in [0.1, 0.15) is 19.8 Å². The Morgan fingerprint density at radius 3 is 2.55 bits per heavy atom. The van der Waals surface area contributed by atoms with Crippen LogP contribution in [-0.2, 0) is 9.24 Å². The summed E-state index contributed by atoms with van der Waals surface area (Å²) in [5, 5.41) is 0. The van der Waals surface area contributed by atoms with Crippen molar-refractivity contribution in [1.29, 1.82) is 0 Å². The van der Waals surface area contributed by atoms with Gasteiger partial charge in [0.15, 0.2) is 0 Å². The van der Waals surface area contributed by atoms with Gasteiger partial charge in [-0.05, 0) is 18.8 Å². The Balaban J connectivity index is 2.60. The van der Waals surface area contributed by atoms with Crippen LogP contribution in [0.5, 0.6) is 0 Å². The molecular weight excluding hydrogens is 186 g/mol. The molecule has 3 nitrogen and oxygen atoms in total. The molecule has 5 heteroatoms. The van der Waals surface area contributed by atoms with E-state index in [0.717, 1.165) is 12.8 Å². The highest BCUT2D eigenvalue weighted by Gasteiger charge is 2.24. The highest BCUT2D eigenvalue weighted by atomic mass is 35.7. The Hall–Kier alpha value is 0.200. The minimum absolute atomic E-state index is 0.442. The van der Waals surface area contributed by atoms with E-state index in [9.17, 15) is 8.42 Å². The van der Waals surface area contributed by atoms with Crippen molar-refractivity contribution in [3.05, 3.63) is 0 Å². The zero-order chi connectivity index (χ0) is 8.48. The molecule has 1 rings (SSSR count). The zero-order valence-corrected chi connectivity index (χ0v) is 8.03. The van der Waals surface area contributed by atoms with Gasteiger partial charge in [0.1, 0.15) is 0 Å². The van der Waals surface area contributed by atoms with E-state index in [0.29, 0.717) is 19.0 Å². The number of nitrogens with zero attached hydrogens (tertiary/aromatic N) is 1. The van der Waals surface area contributed by atoms with Crippen molar-refractivity contribution < 1.29 is 8.42 Å². The van der Waals surface area contributed by atoms with Crippen molar-refractivity contribution in [1.82, 2.24) is 4.31 Å². The Bertz CT molecular complexity index is 227. The van der Waals surface area contributed by atoms with Crippen molar-refractivity contribution in [2.75, 3.05) is 13.1 Å². The molecule has 1 aliphatic heterocycles. The molecule has 1 heterocycles. The van der Waals surface area contributed by atoms with Crippen LogP contribution < -0.4 is 0 Å². The van der Waals surface area contributed by atoms with Crippen molar-refractivity contribution in [2.24, 2.45) is 5.92 Å². The van der Waals surface area contributed by atoms with E-state index in [4.69, 9.17) is 10.7 Å². The number of rotatable bonds is 1. The summed E-state index contributed by atoms with van der Waals surface area (Å²) in [6.45, 7) is 3.19. The minimum Gasteiger partial charge on any atom is -0.195 e. The monoisotopic (exact) mass is 197 g/mol. The van der Waals surface area contributed by atoms with Gasteiger partial charge in [-0.1, -0.05) is 6.92 Å². The molecule has 0 spiro atoms. The molecule has 0 bridgehead atoms.